The highest BCUT2D eigenvalue weighted by Crippen LogP contribution is 2.34. The van der Waals surface area contributed by atoms with Crippen molar-refractivity contribution in [1.82, 2.24) is 9.80 Å². The van der Waals surface area contributed by atoms with Crippen LogP contribution in [0, 0.1) is 17.8 Å². The van der Waals surface area contributed by atoms with Crippen molar-refractivity contribution in [2.24, 2.45) is 23.5 Å². The first kappa shape index (κ1) is 15.3. The average Bonchev–Trinajstić information content (AvgIpc) is 2.47. The third-order valence-corrected chi connectivity index (χ3v) is 6.21. The van der Waals surface area contributed by atoms with Crippen LogP contribution < -0.4 is 5.73 Å². The predicted octanol–water partition coefficient (Wildman–Crippen LogP) is 1.69. The Morgan fingerprint density at radius 2 is 1.90 bits per heavy atom. The Kier molecular flexibility index (Phi) is 4.55. The maximum Gasteiger partial charge on any atom is 0.227 e. The molecule has 120 valence electrons. The van der Waals surface area contributed by atoms with Gasteiger partial charge >= 0.3 is 0 Å². The Hall–Kier alpha value is -0.610. The summed E-state index contributed by atoms with van der Waals surface area (Å²) in [5.74, 6) is 1.54. The lowest BCUT2D eigenvalue weighted by Gasteiger charge is -2.47. The van der Waals surface area contributed by atoms with Gasteiger partial charge in [-0.15, -0.1) is 0 Å². The molecule has 0 aromatic carbocycles. The van der Waals surface area contributed by atoms with Crippen LogP contribution in [0.5, 0.6) is 0 Å². The van der Waals surface area contributed by atoms with Crippen LogP contribution in [0.1, 0.15) is 45.4 Å². The molecule has 1 saturated carbocycles. The maximum absolute atomic E-state index is 13.0. The van der Waals surface area contributed by atoms with Crippen LogP contribution in [0.15, 0.2) is 0 Å². The number of likely N-dealkylation sites (tertiary alicyclic amines) is 2. The molecule has 1 aliphatic carbocycles. The minimum Gasteiger partial charge on any atom is -0.342 e. The third kappa shape index (κ3) is 2.98. The number of fused-ring (bicyclic) bond motifs is 1. The summed E-state index contributed by atoms with van der Waals surface area (Å²) in [5, 5.41) is 0. The summed E-state index contributed by atoms with van der Waals surface area (Å²) in [4.78, 5) is 17.6. The Labute approximate surface area is 129 Å². The molecule has 2 heterocycles. The predicted molar refractivity (Wildman–Crippen MR) is 84.8 cm³/mol. The fourth-order valence-corrected chi connectivity index (χ4v) is 4.95. The fourth-order valence-electron chi connectivity index (χ4n) is 4.95. The summed E-state index contributed by atoms with van der Waals surface area (Å²) in [5.41, 5.74) is 6.28. The number of amides is 1. The van der Waals surface area contributed by atoms with E-state index in [1.54, 1.807) is 0 Å². The van der Waals surface area contributed by atoms with Crippen LogP contribution in [-0.4, -0.2) is 54.5 Å². The van der Waals surface area contributed by atoms with Crippen molar-refractivity contribution in [3.05, 3.63) is 0 Å². The lowest BCUT2D eigenvalue weighted by molar-refractivity contribution is -0.142. The number of hydrogen-bond acceptors (Lipinski definition) is 3. The minimum atomic E-state index is 0.0663. The molecule has 5 unspecified atom stereocenters. The van der Waals surface area contributed by atoms with Gasteiger partial charge in [-0.1, -0.05) is 13.3 Å². The zero-order valence-corrected chi connectivity index (χ0v) is 13.6. The molecule has 0 aromatic heterocycles. The molecule has 1 amide bonds. The standard InChI is InChI=1S/C17H31N3O/c1-12-5-3-7-14(18)16(12)17(21)20-10-8-15-13(11-20)6-4-9-19(15)2/h12-16H,3-11,18H2,1-2H3. The van der Waals surface area contributed by atoms with Gasteiger partial charge in [0.25, 0.3) is 0 Å². The minimum absolute atomic E-state index is 0.0663. The Bertz CT molecular complexity index is 376. The molecule has 3 rings (SSSR count). The molecule has 4 heteroatoms. The van der Waals surface area contributed by atoms with Gasteiger partial charge in [0.15, 0.2) is 0 Å². The average molecular weight is 293 g/mol. The molecule has 2 N–H and O–H groups in total. The van der Waals surface area contributed by atoms with Crippen LogP contribution in [0.4, 0.5) is 0 Å². The molecule has 2 saturated heterocycles. The van der Waals surface area contributed by atoms with Gasteiger partial charge in [-0.05, 0) is 57.5 Å². The van der Waals surface area contributed by atoms with Crippen LogP contribution in [0.3, 0.4) is 0 Å². The van der Waals surface area contributed by atoms with Crippen LogP contribution in [-0.2, 0) is 4.79 Å². The van der Waals surface area contributed by atoms with Crippen molar-refractivity contribution in [1.29, 1.82) is 0 Å². The molecular formula is C17H31N3O. The van der Waals surface area contributed by atoms with Gasteiger partial charge in [-0.2, -0.15) is 0 Å². The third-order valence-electron chi connectivity index (χ3n) is 6.21. The summed E-state index contributed by atoms with van der Waals surface area (Å²) in [6, 6.07) is 0.772. The van der Waals surface area contributed by atoms with Crippen LogP contribution in [0.2, 0.25) is 0 Å². The highest BCUT2D eigenvalue weighted by molar-refractivity contribution is 5.80. The molecule has 0 aromatic rings. The summed E-state index contributed by atoms with van der Waals surface area (Å²) >= 11 is 0. The Balaban J connectivity index is 1.65. The van der Waals surface area contributed by atoms with E-state index in [9.17, 15) is 4.79 Å². The second kappa shape index (κ2) is 6.25. The van der Waals surface area contributed by atoms with Crippen molar-refractivity contribution in [2.75, 3.05) is 26.7 Å². The monoisotopic (exact) mass is 293 g/mol. The van der Waals surface area contributed by atoms with E-state index in [1.165, 1.54) is 25.8 Å². The van der Waals surface area contributed by atoms with Gasteiger partial charge in [0.2, 0.25) is 5.91 Å². The lowest BCUT2D eigenvalue weighted by Crippen LogP contribution is -2.57. The summed E-state index contributed by atoms with van der Waals surface area (Å²) in [6.45, 7) is 5.33. The summed E-state index contributed by atoms with van der Waals surface area (Å²) in [6.07, 6.45) is 7.06. The highest BCUT2D eigenvalue weighted by Gasteiger charge is 2.41. The topological polar surface area (TPSA) is 49.6 Å². The van der Waals surface area contributed by atoms with Gasteiger partial charge < -0.3 is 15.5 Å². The molecule has 21 heavy (non-hydrogen) atoms. The molecule has 4 nitrogen and oxygen atoms in total. The fraction of sp³-hybridized carbons (Fsp3) is 0.941. The van der Waals surface area contributed by atoms with Crippen molar-refractivity contribution in [2.45, 2.75) is 57.5 Å². The zero-order valence-electron chi connectivity index (χ0n) is 13.6. The van der Waals surface area contributed by atoms with Crippen molar-refractivity contribution >= 4 is 5.91 Å². The van der Waals surface area contributed by atoms with Gasteiger partial charge in [0.1, 0.15) is 0 Å². The summed E-state index contributed by atoms with van der Waals surface area (Å²) < 4.78 is 0. The molecule has 5 atom stereocenters. The molecular weight excluding hydrogens is 262 g/mol. The quantitative estimate of drug-likeness (QED) is 0.800. The second-order valence-corrected chi connectivity index (χ2v) is 7.62. The molecule has 2 aliphatic heterocycles. The zero-order chi connectivity index (χ0) is 15.0. The van der Waals surface area contributed by atoms with E-state index < -0.39 is 0 Å². The number of nitrogens with two attached hydrogens (primary N) is 1. The van der Waals surface area contributed by atoms with Crippen LogP contribution >= 0.6 is 0 Å². The van der Waals surface area contributed by atoms with E-state index in [4.69, 9.17) is 5.73 Å². The van der Waals surface area contributed by atoms with Crippen molar-refractivity contribution < 1.29 is 4.79 Å². The number of rotatable bonds is 1. The van der Waals surface area contributed by atoms with Crippen molar-refractivity contribution in [3.63, 3.8) is 0 Å². The number of hydrogen-bond donors (Lipinski definition) is 1. The highest BCUT2D eigenvalue weighted by atomic mass is 16.2. The number of carbonyl (C=O) groups excluding carboxylic acids is 1. The SMILES string of the molecule is CC1CCCC(N)C1C(=O)N1CCC2C(CCCN2C)C1. The van der Waals surface area contributed by atoms with E-state index in [2.05, 4.69) is 23.8 Å². The number of carbonyl (C=O) groups is 1. The maximum atomic E-state index is 13.0. The Morgan fingerprint density at radius 3 is 2.67 bits per heavy atom. The van der Waals surface area contributed by atoms with E-state index in [-0.39, 0.29) is 12.0 Å². The number of nitrogens with zero attached hydrogens (tertiary/aromatic N) is 2. The van der Waals surface area contributed by atoms with Crippen LogP contribution in [0.25, 0.3) is 0 Å². The first-order valence-corrected chi connectivity index (χ1v) is 8.82. The molecule has 3 fully saturated rings. The largest absolute Gasteiger partial charge is 0.342 e. The van der Waals surface area contributed by atoms with Gasteiger partial charge in [-0.3, -0.25) is 4.79 Å². The van der Waals surface area contributed by atoms with E-state index in [0.29, 0.717) is 23.8 Å². The van der Waals surface area contributed by atoms with Gasteiger partial charge in [0, 0.05) is 25.2 Å². The lowest BCUT2D eigenvalue weighted by atomic mass is 9.75. The van der Waals surface area contributed by atoms with Gasteiger partial charge in [-0.25, -0.2) is 0 Å². The van der Waals surface area contributed by atoms with Gasteiger partial charge in [0.05, 0.1) is 5.92 Å². The van der Waals surface area contributed by atoms with Crippen molar-refractivity contribution in [3.8, 4) is 0 Å². The van der Waals surface area contributed by atoms with E-state index in [1.807, 2.05) is 0 Å². The van der Waals surface area contributed by atoms with E-state index in [0.717, 1.165) is 32.4 Å². The second-order valence-electron chi connectivity index (χ2n) is 7.62. The molecule has 3 aliphatic rings. The molecule has 0 bridgehead atoms. The Morgan fingerprint density at radius 1 is 1.10 bits per heavy atom. The molecule has 0 spiro atoms. The number of piperidine rings is 2. The summed E-state index contributed by atoms with van der Waals surface area (Å²) in [7, 11) is 2.24. The van der Waals surface area contributed by atoms with E-state index >= 15 is 0 Å². The molecule has 0 radical (unpaired) electrons. The normalized spacial score (nSPS) is 41.7. The first-order valence-electron chi connectivity index (χ1n) is 8.82. The smallest absolute Gasteiger partial charge is 0.227 e. The first-order chi connectivity index (χ1) is 10.1.